The van der Waals surface area contributed by atoms with Crippen LogP contribution in [-0.2, 0) is 6.54 Å². The molecule has 2 aromatic rings. The van der Waals surface area contributed by atoms with E-state index in [1.165, 1.54) is 12.1 Å². The van der Waals surface area contributed by atoms with Gasteiger partial charge in [0.05, 0.1) is 11.0 Å². The van der Waals surface area contributed by atoms with E-state index >= 15 is 0 Å². The zero-order valence-corrected chi connectivity index (χ0v) is 11.8. The van der Waals surface area contributed by atoms with E-state index < -0.39 is 11.7 Å². The number of hydrogen-bond donors (Lipinski definition) is 2. The van der Waals surface area contributed by atoms with E-state index in [-0.39, 0.29) is 12.3 Å². The SMILES string of the molecule is Cc1cc(Br)c(F)cc1NC(=O)c1ccc(CN)o1. The molecule has 6 heteroatoms. The fraction of sp³-hybridized carbons (Fsp3) is 0.154. The third-order valence-corrected chi connectivity index (χ3v) is 3.21. The van der Waals surface area contributed by atoms with Crippen molar-refractivity contribution < 1.29 is 13.6 Å². The van der Waals surface area contributed by atoms with Gasteiger partial charge in [-0.3, -0.25) is 4.79 Å². The quantitative estimate of drug-likeness (QED) is 0.910. The first-order chi connectivity index (χ1) is 9.01. The van der Waals surface area contributed by atoms with Crippen LogP contribution in [0.2, 0.25) is 0 Å². The number of nitrogens with one attached hydrogen (secondary N) is 1. The predicted molar refractivity (Wildman–Crippen MR) is 73.4 cm³/mol. The Hall–Kier alpha value is -1.66. The van der Waals surface area contributed by atoms with E-state index in [1.807, 2.05) is 0 Å². The Morgan fingerprint density at radius 2 is 2.21 bits per heavy atom. The normalized spacial score (nSPS) is 10.5. The summed E-state index contributed by atoms with van der Waals surface area (Å²) in [5.41, 5.74) is 6.54. The topological polar surface area (TPSA) is 68.3 Å². The number of nitrogens with two attached hydrogens (primary N) is 1. The van der Waals surface area contributed by atoms with Gasteiger partial charge in [0.25, 0.3) is 5.91 Å². The van der Waals surface area contributed by atoms with Gasteiger partial charge in [0.2, 0.25) is 0 Å². The number of carbonyl (C=O) groups excluding carboxylic acids is 1. The summed E-state index contributed by atoms with van der Waals surface area (Å²) in [6, 6.07) is 6.01. The van der Waals surface area contributed by atoms with Gasteiger partial charge in [-0.05, 0) is 52.7 Å². The summed E-state index contributed by atoms with van der Waals surface area (Å²) >= 11 is 3.08. The number of amides is 1. The van der Waals surface area contributed by atoms with E-state index in [9.17, 15) is 9.18 Å². The molecule has 0 aliphatic carbocycles. The molecule has 1 heterocycles. The Balaban J connectivity index is 2.21. The van der Waals surface area contributed by atoms with E-state index in [1.54, 1.807) is 19.1 Å². The highest BCUT2D eigenvalue weighted by Gasteiger charge is 2.13. The number of anilines is 1. The van der Waals surface area contributed by atoms with Crippen molar-refractivity contribution in [2.24, 2.45) is 5.73 Å². The molecule has 0 radical (unpaired) electrons. The van der Waals surface area contributed by atoms with Gasteiger partial charge in [-0.1, -0.05) is 0 Å². The van der Waals surface area contributed by atoms with Crippen LogP contribution in [0.15, 0.2) is 33.2 Å². The molecule has 3 N–H and O–H groups in total. The molecule has 2 rings (SSSR count). The lowest BCUT2D eigenvalue weighted by atomic mass is 10.2. The van der Waals surface area contributed by atoms with Crippen LogP contribution in [0.25, 0.3) is 0 Å². The monoisotopic (exact) mass is 326 g/mol. The van der Waals surface area contributed by atoms with Gasteiger partial charge in [0, 0.05) is 5.69 Å². The predicted octanol–water partition coefficient (Wildman–Crippen LogP) is 3.20. The number of carbonyl (C=O) groups is 1. The summed E-state index contributed by atoms with van der Waals surface area (Å²) in [7, 11) is 0. The van der Waals surface area contributed by atoms with Crippen molar-refractivity contribution in [3.8, 4) is 0 Å². The van der Waals surface area contributed by atoms with Gasteiger partial charge < -0.3 is 15.5 Å². The summed E-state index contributed by atoms with van der Waals surface area (Å²) in [5.74, 6) is -0.223. The molecule has 0 aliphatic rings. The van der Waals surface area contributed by atoms with Crippen LogP contribution in [0.3, 0.4) is 0 Å². The highest BCUT2D eigenvalue weighted by molar-refractivity contribution is 9.10. The van der Waals surface area contributed by atoms with E-state index in [0.717, 1.165) is 5.56 Å². The molecule has 0 atom stereocenters. The number of rotatable bonds is 3. The van der Waals surface area contributed by atoms with Crippen LogP contribution in [0.1, 0.15) is 21.9 Å². The molecule has 100 valence electrons. The molecular weight excluding hydrogens is 315 g/mol. The van der Waals surface area contributed by atoms with Crippen molar-refractivity contribution in [3.63, 3.8) is 0 Å². The zero-order valence-electron chi connectivity index (χ0n) is 10.2. The Labute approximate surface area is 117 Å². The summed E-state index contributed by atoms with van der Waals surface area (Å²) in [6.45, 7) is 1.99. The highest BCUT2D eigenvalue weighted by atomic mass is 79.9. The van der Waals surface area contributed by atoms with Crippen molar-refractivity contribution in [3.05, 3.63) is 51.6 Å². The smallest absolute Gasteiger partial charge is 0.291 e. The Morgan fingerprint density at radius 3 is 2.84 bits per heavy atom. The van der Waals surface area contributed by atoms with Crippen molar-refractivity contribution >= 4 is 27.5 Å². The molecule has 0 saturated carbocycles. The molecule has 0 aliphatic heterocycles. The van der Waals surface area contributed by atoms with Gasteiger partial charge in [-0.15, -0.1) is 0 Å². The fourth-order valence-electron chi connectivity index (χ4n) is 1.57. The minimum Gasteiger partial charge on any atom is -0.455 e. The number of aryl methyl sites for hydroxylation is 1. The Bertz CT molecular complexity index is 625. The average molecular weight is 327 g/mol. The third kappa shape index (κ3) is 3.02. The molecular formula is C13H12BrFN2O2. The molecule has 0 bridgehead atoms. The van der Waals surface area contributed by atoms with Crippen molar-refractivity contribution in [1.82, 2.24) is 0 Å². The highest BCUT2D eigenvalue weighted by Crippen LogP contribution is 2.24. The molecule has 4 nitrogen and oxygen atoms in total. The minimum absolute atomic E-state index is 0.142. The maximum atomic E-state index is 13.4. The average Bonchev–Trinajstić information content (AvgIpc) is 2.84. The lowest BCUT2D eigenvalue weighted by molar-refractivity contribution is 0.0995. The summed E-state index contributed by atoms with van der Waals surface area (Å²) < 4.78 is 19.0. The number of hydrogen-bond acceptors (Lipinski definition) is 3. The maximum Gasteiger partial charge on any atom is 0.291 e. The van der Waals surface area contributed by atoms with Crippen molar-refractivity contribution in [1.29, 1.82) is 0 Å². The van der Waals surface area contributed by atoms with Crippen molar-refractivity contribution in [2.45, 2.75) is 13.5 Å². The molecule has 0 unspecified atom stereocenters. The first-order valence-electron chi connectivity index (χ1n) is 5.57. The second kappa shape index (κ2) is 5.54. The molecule has 0 saturated heterocycles. The molecule has 1 aromatic carbocycles. The van der Waals surface area contributed by atoms with E-state index in [4.69, 9.17) is 10.2 Å². The van der Waals surface area contributed by atoms with Crippen LogP contribution in [0, 0.1) is 12.7 Å². The lowest BCUT2D eigenvalue weighted by Crippen LogP contribution is -2.12. The van der Waals surface area contributed by atoms with E-state index in [2.05, 4.69) is 21.2 Å². The molecule has 0 spiro atoms. The van der Waals surface area contributed by atoms with Gasteiger partial charge in [-0.2, -0.15) is 0 Å². The van der Waals surface area contributed by atoms with Gasteiger partial charge in [0.1, 0.15) is 11.6 Å². The van der Waals surface area contributed by atoms with Crippen LogP contribution in [-0.4, -0.2) is 5.91 Å². The molecule has 1 aromatic heterocycles. The van der Waals surface area contributed by atoms with Crippen LogP contribution in [0.4, 0.5) is 10.1 Å². The molecule has 1 amide bonds. The zero-order chi connectivity index (χ0) is 14.0. The fourth-order valence-corrected chi connectivity index (χ4v) is 2.03. The van der Waals surface area contributed by atoms with Crippen molar-refractivity contribution in [2.75, 3.05) is 5.32 Å². The largest absolute Gasteiger partial charge is 0.455 e. The van der Waals surface area contributed by atoms with Crippen LogP contribution in [0.5, 0.6) is 0 Å². The van der Waals surface area contributed by atoms with Crippen LogP contribution < -0.4 is 11.1 Å². The summed E-state index contributed by atoms with van der Waals surface area (Å²) in [4.78, 5) is 11.9. The van der Waals surface area contributed by atoms with Gasteiger partial charge in [0.15, 0.2) is 5.76 Å². The molecule has 0 fully saturated rings. The Kier molecular flexibility index (Phi) is 4.01. The number of benzene rings is 1. The molecule has 19 heavy (non-hydrogen) atoms. The van der Waals surface area contributed by atoms with Gasteiger partial charge >= 0.3 is 0 Å². The lowest BCUT2D eigenvalue weighted by Gasteiger charge is -2.08. The van der Waals surface area contributed by atoms with Crippen LogP contribution >= 0.6 is 15.9 Å². The first-order valence-corrected chi connectivity index (χ1v) is 6.36. The standard InChI is InChI=1S/C13H12BrFN2O2/c1-7-4-9(14)10(15)5-11(7)17-13(18)12-3-2-8(6-16)19-12/h2-5H,6,16H2,1H3,(H,17,18). The summed E-state index contributed by atoms with van der Waals surface area (Å²) in [6.07, 6.45) is 0. The minimum atomic E-state index is -0.442. The maximum absolute atomic E-state index is 13.4. The number of halogens is 2. The third-order valence-electron chi connectivity index (χ3n) is 2.60. The second-order valence-corrected chi connectivity index (χ2v) is 4.86. The van der Waals surface area contributed by atoms with Gasteiger partial charge in [-0.25, -0.2) is 4.39 Å². The second-order valence-electron chi connectivity index (χ2n) is 4.01. The van der Waals surface area contributed by atoms with E-state index in [0.29, 0.717) is 15.9 Å². The first kappa shape index (κ1) is 13.8. The Morgan fingerprint density at radius 1 is 1.47 bits per heavy atom. The summed E-state index contributed by atoms with van der Waals surface area (Å²) in [5, 5.41) is 2.60. The number of furan rings is 1.